The summed E-state index contributed by atoms with van der Waals surface area (Å²) in [6, 6.07) is 3.99. The SMILES string of the molecule is CC(C)(C)OC(=O)NC1CCN(CCN2CCN(c3ccc([N+](=O)[O-])cc3F)CC2)CC1. The van der Waals surface area contributed by atoms with E-state index in [1.807, 2.05) is 25.7 Å². The number of non-ortho nitro benzene ring substituents is 1. The summed E-state index contributed by atoms with van der Waals surface area (Å²) < 4.78 is 19.6. The average molecular weight is 452 g/mol. The first kappa shape index (κ1) is 24.2. The molecule has 178 valence electrons. The van der Waals surface area contributed by atoms with E-state index in [9.17, 15) is 19.3 Å². The van der Waals surface area contributed by atoms with Crippen LogP contribution in [0.5, 0.6) is 0 Å². The summed E-state index contributed by atoms with van der Waals surface area (Å²) in [6.07, 6.45) is 1.47. The fourth-order valence-electron chi connectivity index (χ4n) is 4.14. The maximum atomic E-state index is 14.3. The Kier molecular flexibility index (Phi) is 7.89. The molecule has 2 fully saturated rings. The average Bonchev–Trinajstić information content (AvgIpc) is 2.72. The number of nitrogens with one attached hydrogen (secondary N) is 1. The molecule has 0 saturated carbocycles. The first-order chi connectivity index (χ1) is 15.1. The van der Waals surface area contributed by atoms with Gasteiger partial charge in [-0.1, -0.05) is 0 Å². The molecule has 1 aromatic rings. The first-order valence-electron chi connectivity index (χ1n) is 11.2. The highest BCUT2D eigenvalue weighted by Crippen LogP contribution is 2.25. The molecule has 32 heavy (non-hydrogen) atoms. The summed E-state index contributed by atoms with van der Waals surface area (Å²) in [5, 5.41) is 13.8. The molecule has 2 aliphatic heterocycles. The van der Waals surface area contributed by atoms with Gasteiger partial charge in [-0.15, -0.1) is 0 Å². The molecular weight excluding hydrogens is 417 g/mol. The van der Waals surface area contributed by atoms with Gasteiger partial charge in [0.2, 0.25) is 0 Å². The fourth-order valence-corrected chi connectivity index (χ4v) is 4.14. The van der Waals surface area contributed by atoms with Crippen molar-refractivity contribution in [3.8, 4) is 0 Å². The van der Waals surface area contributed by atoms with Crippen molar-refractivity contribution >= 4 is 17.5 Å². The van der Waals surface area contributed by atoms with Crippen molar-refractivity contribution in [2.45, 2.75) is 45.3 Å². The van der Waals surface area contributed by atoms with Crippen molar-refractivity contribution in [2.75, 3.05) is 57.3 Å². The largest absolute Gasteiger partial charge is 0.444 e. The number of rotatable bonds is 6. The number of anilines is 1. The van der Waals surface area contributed by atoms with Crippen LogP contribution in [0.2, 0.25) is 0 Å². The van der Waals surface area contributed by atoms with Crippen LogP contribution in [-0.2, 0) is 4.74 Å². The number of ether oxygens (including phenoxy) is 1. The van der Waals surface area contributed by atoms with E-state index in [1.165, 1.54) is 12.1 Å². The number of hydrogen-bond acceptors (Lipinski definition) is 7. The third-order valence-electron chi connectivity index (χ3n) is 5.90. The predicted molar refractivity (Wildman–Crippen MR) is 121 cm³/mol. The smallest absolute Gasteiger partial charge is 0.407 e. The van der Waals surface area contributed by atoms with E-state index in [4.69, 9.17) is 4.74 Å². The van der Waals surface area contributed by atoms with Gasteiger partial charge in [-0.3, -0.25) is 15.0 Å². The second-order valence-electron chi connectivity index (χ2n) is 9.48. The van der Waals surface area contributed by atoms with Gasteiger partial charge in [-0.2, -0.15) is 0 Å². The lowest BCUT2D eigenvalue weighted by Crippen LogP contribution is -2.50. The first-order valence-corrected chi connectivity index (χ1v) is 11.2. The van der Waals surface area contributed by atoms with Crippen molar-refractivity contribution in [3.63, 3.8) is 0 Å². The number of nitro groups is 1. The fraction of sp³-hybridized carbons (Fsp3) is 0.682. The molecule has 1 amide bonds. The van der Waals surface area contributed by atoms with Crippen LogP contribution in [0, 0.1) is 15.9 Å². The highest BCUT2D eigenvalue weighted by atomic mass is 19.1. The molecule has 9 nitrogen and oxygen atoms in total. The summed E-state index contributed by atoms with van der Waals surface area (Å²) in [5.74, 6) is -0.546. The Balaban J connectivity index is 1.35. The molecule has 2 saturated heterocycles. The number of nitrogens with zero attached hydrogens (tertiary/aromatic N) is 4. The zero-order valence-electron chi connectivity index (χ0n) is 19.2. The third-order valence-corrected chi connectivity index (χ3v) is 5.90. The minimum absolute atomic E-state index is 0.154. The number of carbonyl (C=O) groups is 1. The predicted octanol–water partition coefficient (Wildman–Crippen LogP) is 2.85. The van der Waals surface area contributed by atoms with Gasteiger partial charge in [0.25, 0.3) is 5.69 Å². The molecule has 1 N–H and O–H groups in total. The number of amides is 1. The Labute approximate surface area is 188 Å². The second kappa shape index (κ2) is 10.4. The Hall–Kier alpha value is -2.46. The lowest BCUT2D eigenvalue weighted by molar-refractivity contribution is -0.385. The Morgan fingerprint density at radius 3 is 2.25 bits per heavy atom. The van der Waals surface area contributed by atoms with Crippen molar-refractivity contribution < 1.29 is 18.8 Å². The lowest BCUT2D eigenvalue weighted by atomic mass is 10.1. The minimum atomic E-state index is -0.582. The van der Waals surface area contributed by atoms with Gasteiger partial charge in [0.05, 0.1) is 16.7 Å². The molecule has 0 aromatic heterocycles. The number of piperidine rings is 1. The van der Waals surface area contributed by atoms with Gasteiger partial charge in [0, 0.05) is 64.5 Å². The number of piperazine rings is 1. The molecule has 0 atom stereocenters. The maximum absolute atomic E-state index is 14.3. The summed E-state index contributed by atoms with van der Waals surface area (Å²) in [5.41, 5.74) is -0.288. The standard InChI is InChI=1S/C22H34FN5O4/c1-22(2,3)32-21(29)24-17-6-8-25(9-7-17)10-11-26-12-14-27(15-13-26)20-5-4-18(28(30)31)16-19(20)23/h4-5,16-17H,6-15H2,1-3H3,(H,24,29). The number of alkyl carbamates (subject to hydrolysis) is 1. The van der Waals surface area contributed by atoms with Gasteiger partial charge in [-0.25, -0.2) is 9.18 Å². The zero-order valence-corrected chi connectivity index (χ0v) is 19.2. The summed E-state index contributed by atoms with van der Waals surface area (Å²) in [4.78, 5) is 28.9. The van der Waals surface area contributed by atoms with E-state index in [0.717, 1.165) is 58.2 Å². The van der Waals surface area contributed by atoms with Gasteiger partial charge in [-0.05, 0) is 39.7 Å². The highest BCUT2D eigenvalue weighted by Gasteiger charge is 2.25. The van der Waals surface area contributed by atoms with Gasteiger partial charge in [0.15, 0.2) is 5.82 Å². The van der Waals surface area contributed by atoms with Crippen LogP contribution in [0.25, 0.3) is 0 Å². The van der Waals surface area contributed by atoms with Gasteiger partial charge in [0.1, 0.15) is 5.60 Å². The van der Waals surface area contributed by atoms with E-state index in [0.29, 0.717) is 18.8 Å². The molecule has 0 unspecified atom stereocenters. The van der Waals surface area contributed by atoms with Crippen LogP contribution in [0.4, 0.5) is 20.6 Å². The number of nitro benzene ring substituents is 1. The molecular formula is C22H34FN5O4. The summed E-state index contributed by atoms with van der Waals surface area (Å²) in [7, 11) is 0. The number of carbonyl (C=O) groups excluding carboxylic acids is 1. The lowest BCUT2D eigenvalue weighted by Gasteiger charge is -2.38. The Morgan fingerprint density at radius 1 is 1.12 bits per heavy atom. The molecule has 0 bridgehead atoms. The van der Waals surface area contributed by atoms with Gasteiger partial charge >= 0.3 is 6.09 Å². The quantitative estimate of drug-likeness (QED) is 0.525. The normalized spacial score (nSPS) is 19.1. The summed E-state index contributed by atoms with van der Waals surface area (Å²) in [6.45, 7) is 12.4. The van der Waals surface area contributed by atoms with Crippen LogP contribution in [-0.4, -0.2) is 84.8 Å². The molecule has 2 heterocycles. The molecule has 2 aliphatic rings. The summed E-state index contributed by atoms with van der Waals surface area (Å²) >= 11 is 0. The molecule has 3 rings (SSSR count). The van der Waals surface area contributed by atoms with E-state index in [-0.39, 0.29) is 17.8 Å². The molecule has 0 spiro atoms. The second-order valence-corrected chi connectivity index (χ2v) is 9.48. The number of benzene rings is 1. The van der Waals surface area contributed by atoms with Crippen molar-refractivity contribution in [2.24, 2.45) is 0 Å². The number of halogens is 1. The van der Waals surface area contributed by atoms with E-state index in [2.05, 4.69) is 15.1 Å². The maximum Gasteiger partial charge on any atom is 0.407 e. The third kappa shape index (κ3) is 7.03. The molecule has 0 aliphatic carbocycles. The van der Waals surface area contributed by atoms with Crippen molar-refractivity contribution in [1.82, 2.24) is 15.1 Å². The Bertz CT molecular complexity index is 800. The molecule has 1 aromatic carbocycles. The van der Waals surface area contributed by atoms with Crippen molar-refractivity contribution in [1.29, 1.82) is 0 Å². The number of hydrogen-bond donors (Lipinski definition) is 1. The van der Waals surface area contributed by atoms with E-state index < -0.39 is 16.3 Å². The number of likely N-dealkylation sites (tertiary alicyclic amines) is 1. The Morgan fingerprint density at radius 2 is 1.72 bits per heavy atom. The van der Waals surface area contributed by atoms with Crippen molar-refractivity contribution in [3.05, 3.63) is 34.1 Å². The van der Waals surface area contributed by atoms with Crippen LogP contribution >= 0.6 is 0 Å². The van der Waals surface area contributed by atoms with Crippen LogP contribution in [0.3, 0.4) is 0 Å². The van der Waals surface area contributed by atoms with Crippen LogP contribution < -0.4 is 10.2 Å². The van der Waals surface area contributed by atoms with Crippen LogP contribution in [0.15, 0.2) is 18.2 Å². The highest BCUT2D eigenvalue weighted by molar-refractivity contribution is 5.68. The van der Waals surface area contributed by atoms with E-state index in [1.54, 1.807) is 0 Å². The zero-order chi connectivity index (χ0) is 23.3. The van der Waals surface area contributed by atoms with Gasteiger partial charge < -0.3 is 19.9 Å². The monoisotopic (exact) mass is 451 g/mol. The molecule has 10 heteroatoms. The van der Waals surface area contributed by atoms with E-state index >= 15 is 0 Å². The minimum Gasteiger partial charge on any atom is -0.444 e. The van der Waals surface area contributed by atoms with Crippen LogP contribution in [0.1, 0.15) is 33.6 Å². The molecule has 0 radical (unpaired) electrons. The topological polar surface area (TPSA) is 91.2 Å².